The molecule has 0 radical (unpaired) electrons. The minimum atomic E-state index is -4.34. The van der Waals surface area contributed by atoms with Crippen molar-refractivity contribution in [2.75, 3.05) is 25.6 Å². The first-order valence-corrected chi connectivity index (χ1v) is 6.19. The van der Waals surface area contributed by atoms with E-state index >= 15 is 0 Å². The maximum Gasteiger partial charge on any atom is 0.411 e. The lowest BCUT2D eigenvalue weighted by Crippen LogP contribution is -2.17. The first-order valence-electron chi connectivity index (χ1n) is 5.20. The summed E-state index contributed by atoms with van der Waals surface area (Å²) in [6, 6.07) is 0. The molecule has 0 aromatic carbocycles. The summed E-state index contributed by atoms with van der Waals surface area (Å²) in [6.45, 7) is 0.379. The van der Waals surface area contributed by atoms with Crippen LogP contribution in [0.1, 0.15) is 17.6 Å². The van der Waals surface area contributed by atoms with Gasteiger partial charge >= 0.3 is 18.0 Å². The second-order valence-corrected chi connectivity index (χ2v) is 4.16. The topological polar surface area (TPSA) is 74.5 Å². The van der Waals surface area contributed by atoms with E-state index in [9.17, 15) is 18.0 Å². The zero-order valence-corrected chi connectivity index (χ0v) is 10.7. The number of hydrogen-bond acceptors (Lipinski definition) is 7. The van der Waals surface area contributed by atoms with E-state index in [0.717, 1.165) is 11.8 Å². The summed E-state index contributed by atoms with van der Waals surface area (Å²) in [6.07, 6.45) is -4.34. The molecule has 10 heteroatoms. The first kappa shape index (κ1) is 15.8. The van der Waals surface area contributed by atoms with E-state index < -0.39 is 18.8 Å². The number of rotatable bonds is 7. The third-order valence-corrected chi connectivity index (χ3v) is 2.36. The normalized spacial score (nSPS) is 11.6. The predicted octanol–water partition coefficient (Wildman–Crippen LogP) is 1.92. The van der Waals surface area contributed by atoms with Gasteiger partial charge in [0.15, 0.2) is 0 Å². The van der Waals surface area contributed by atoms with Crippen molar-refractivity contribution in [3.63, 3.8) is 0 Å². The summed E-state index contributed by atoms with van der Waals surface area (Å²) in [4.78, 5) is 11.2. The standard InChI is InChI=1S/C9H11F3N2O4S/c1-2-17-7(15)6-13-14-8(18-6)19-4-3-16-5-9(10,11)12/h2-5H2,1H3. The fraction of sp³-hybridized carbons (Fsp3) is 0.667. The summed E-state index contributed by atoms with van der Waals surface area (Å²) in [5.41, 5.74) is 0. The molecule has 0 N–H and O–H groups in total. The number of alkyl halides is 3. The van der Waals surface area contributed by atoms with Crippen molar-refractivity contribution in [1.29, 1.82) is 0 Å². The van der Waals surface area contributed by atoms with Crippen LogP contribution in [0.3, 0.4) is 0 Å². The van der Waals surface area contributed by atoms with Crippen molar-refractivity contribution in [3.05, 3.63) is 5.89 Å². The Morgan fingerprint density at radius 3 is 2.79 bits per heavy atom. The number of thioether (sulfide) groups is 1. The highest BCUT2D eigenvalue weighted by molar-refractivity contribution is 7.99. The maximum absolute atomic E-state index is 11.7. The van der Waals surface area contributed by atoms with E-state index in [0.29, 0.717) is 0 Å². The Labute approximate surface area is 110 Å². The SMILES string of the molecule is CCOC(=O)c1nnc(SCCOCC(F)(F)F)o1. The molecule has 6 nitrogen and oxygen atoms in total. The van der Waals surface area contributed by atoms with Crippen molar-refractivity contribution in [3.8, 4) is 0 Å². The monoisotopic (exact) mass is 300 g/mol. The van der Waals surface area contributed by atoms with Crippen LogP contribution in [-0.4, -0.2) is 47.9 Å². The highest BCUT2D eigenvalue weighted by Crippen LogP contribution is 2.18. The Bertz CT molecular complexity index is 410. The quantitative estimate of drug-likeness (QED) is 0.432. The molecule has 0 bridgehead atoms. The third kappa shape index (κ3) is 6.43. The number of nitrogens with zero attached hydrogens (tertiary/aromatic N) is 2. The molecule has 0 atom stereocenters. The Morgan fingerprint density at radius 1 is 1.42 bits per heavy atom. The fourth-order valence-electron chi connectivity index (χ4n) is 0.919. The number of hydrogen-bond donors (Lipinski definition) is 0. The van der Waals surface area contributed by atoms with Gasteiger partial charge in [0.2, 0.25) is 0 Å². The van der Waals surface area contributed by atoms with Crippen molar-refractivity contribution >= 4 is 17.7 Å². The number of ether oxygens (including phenoxy) is 2. The summed E-state index contributed by atoms with van der Waals surface area (Å²) in [7, 11) is 0. The average molecular weight is 300 g/mol. The Balaban J connectivity index is 2.25. The molecule has 1 heterocycles. The van der Waals surface area contributed by atoms with Crippen molar-refractivity contribution in [2.45, 2.75) is 18.3 Å². The molecule has 19 heavy (non-hydrogen) atoms. The highest BCUT2D eigenvalue weighted by Gasteiger charge is 2.27. The van der Waals surface area contributed by atoms with Gasteiger partial charge in [0.1, 0.15) is 6.61 Å². The van der Waals surface area contributed by atoms with Gasteiger partial charge in [-0.1, -0.05) is 16.9 Å². The zero-order chi connectivity index (χ0) is 14.3. The lowest BCUT2D eigenvalue weighted by Gasteiger charge is -2.05. The molecule has 1 aromatic rings. The maximum atomic E-state index is 11.7. The molecule has 0 aliphatic carbocycles. The second-order valence-electron chi connectivity index (χ2n) is 3.11. The molecule has 1 rings (SSSR count). The number of esters is 1. The molecule has 108 valence electrons. The largest absolute Gasteiger partial charge is 0.459 e. The van der Waals surface area contributed by atoms with E-state index in [1.54, 1.807) is 6.92 Å². The van der Waals surface area contributed by atoms with Crippen LogP contribution in [0.5, 0.6) is 0 Å². The molecule has 0 spiro atoms. The van der Waals surface area contributed by atoms with Crippen LogP contribution in [0.25, 0.3) is 0 Å². The second kappa shape index (κ2) is 7.34. The predicted molar refractivity (Wildman–Crippen MR) is 57.9 cm³/mol. The van der Waals surface area contributed by atoms with E-state index in [1.165, 1.54) is 0 Å². The minimum absolute atomic E-state index is 0.0682. The minimum Gasteiger partial charge on any atom is -0.459 e. The fourth-order valence-corrected chi connectivity index (χ4v) is 1.53. The van der Waals surface area contributed by atoms with Gasteiger partial charge in [0.25, 0.3) is 5.22 Å². The van der Waals surface area contributed by atoms with Crippen LogP contribution in [0.15, 0.2) is 9.64 Å². The molecule has 0 aliphatic rings. The van der Waals surface area contributed by atoms with Crippen LogP contribution in [0.4, 0.5) is 13.2 Å². The van der Waals surface area contributed by atoms with E-state index in [2.05, 4.69) is 19.7 Å². The number of carbonyl (C=O) groups excluding carboxylic acids is 1. The lowest BCUT2D eigenvalue weighted by molar-refractivity contribution is -0.172. The summed E-state index contributed by atoms with van der Waals surface area (Å²) in [5.74, 6) is -0.837. The molecule has 0 fully saturated rings. The lowest BCUT2D eigenvalue weighted by atomic mass is 10.7. The van der Waals surface area contributed by atoms with E-state index in [4.69, 9.17) is 4.42 Å². The summed E-state index contributed by atoms with van der Waals surface area (Å²) in [5, 5.41) is 7.04. The molecule has 0 unspecified atom stereocenters. The van der Waals surface area contributed by atoms with Gasteiger partial charge < -0.3 is 13.9 Å². The molecular formula is C9H11F3N2O4S. The third-order valence-electron chi connectivity index (χ3n) is 1.58. The van der Waals surface area contributed by atoms with Gasteiger partial charge in [0.05, 0.1) is 13.2 Å². The van der Waals surface area contributed by atoms with Gasteiger partial charge in [-0.2, -0.15) is 13.2 Å². The molecule has 0 aliphatic heterocycles. The van der Waals surface area contributed by atoms with Crippen LogP contribution in [-0.2, 0) is 9.47 Å². The molecule has 0 saturated carbocycles. The van der Waals surface area contributed by atoms with Crippen LogP contribution in [0, 0.1) is 0 Å². The Morgan fingerprint density at radius 2 is 2.16 bits per heavy atom. The van der Waals surface area contributed by atoms with Crippen molar-refractivity contribution in [1.82, 2.24) is 10.2 Å². The molecule has 0 saturated heterocycles. The van der Waals surface area contributed by atoms with Crippen LogP contribution in [0.2, 0.25) is 0 Å². The van der Waals surface area contributed by atoms with Crippen LogP contribution < -0.4 is 0 Å². The van der Waals surface area contributed by atoms with Gasteiger partial charge in [-0.25, -0.2) is 4.79 Å². The van der Waals surface area contributed by atoms with Crippen LogP contribution >= 0.6 is 11.8 Å². The average Bonchev–Trinajstić information content (AvgIpc) is 2.76. The Hall–Kier alpha value is -1.29. The molecule has 1 aromatic heterocycles. The number of halogens is 3. The van der Waals surface area contributed by atoms with Gasteiger partial charge in [-0.05, 0) is 6.92 Å². The highest BCUT2D eigenvalue weighted by atomic mass is 32.2. The molecule has 0 amide bonds. The van der Waals surface area contributed by atoms with Crippen molar-refractivity contribution < 1.29 is 31.9 Å². The van der Waals surface area contributed by atoms with Crippen molar-refractivity contribution in [2.24, 2.45) is 0 Å². The number of aromatic nitrogens is 2. The smallest absolute Gasteiger partial charge is 0.411 e. The van der Waals surface area contributed by atoms with E-state index in [1.807, 2.05) is 0 Å². The van der Waals surface area contributed by atoms with Gasteiger partial charge in [0, 0.05) is 5.75 Å². The first-order chi connectivity index (χ1) is 8.92. The van der Waals surface area contributed by atoms with E-state index in [-0.39, 0.29) is 30.1 Å². The number of carbonyl (C=O) groups is 1. The zero-order valence-electron chi connectivity index (χ0n) is 9.90. The summed E-state index contributed by atoms with van der Waals surface area (Å²) < 4.78 is 49.2. The summed E-state index contributed by atoms with van der Waals surface area (Å²) >= 11 is 0.987. The molecular weight excluding hydrogens is 289 g/mol. The van der Waals surface area contributed by atoms with Gasteiger partial charge in [-0.3, -0.25) is 0 Å². The van der Waals surface area contributed by atoms with Gasteiger partial charge in [-0.15, -0.1) is 5.10 Å². The Kier molecular flexibility index (Phi) is 6.09.